The van der Waals surface area contributed by atoms with Crippen LogP contribution in [0.25, 0.3) is 0 Å². The van der Waals surface area contributed by atoms with Crippen LogP contribution in [0.5, 0.6) is 17.2 Å². The lowest BCUT2D eigenvalue weighted by Gasteiger charge is -2.12. The largest absolute Gasteiger partial charge is 0.493 e. The van der Waals surface area contributed by atoms with Crippen molar-refractivity contribution in [2.45, 2.75) is 32.6 Å². The Hall–Kier alpha value is -2.16. The molecule has 0 fully saturated rings. The second-order valence-electron chi connectivity index (χ2n) is 5.58. The van der Waals surface area contributed by atoms with E-state index in [0.717, 1.165) is 30.1 Å². The van der Waals surface area contributed by atoms with Gasteiger partial charge in [0.05, 0.1) is 20.3 Å². The SMILES string of the molecule is CC[C@H](C)c1ccc(OCCCOc2ccccc2OC)cc1. The van der Waals surface area contributed by atoms with Crippen LogP contribution in [0.4, 0.5) is 0 Å². The molecule has 1 atom stereocenters. The first kappa shape index (κ1) is 17.2. The number of benzene rings is 2. The molecule has 0 radical (unpaired) electrons. The van der Waals surface area contributed by atoms with Gasteiger partial charge >= 0.3 is 0 Å². The minimum absolute atomic E-state index is 0.596. The average molecular weight is 314 g/mol. The summed E-state index contributed by atoms with van der Waals surface area (Å²) >= 11 is 0. The van der Waals surface area contributed by atoms with Crippen LogP contribution in [0, 0.1) is 0 Å². The molecule has 0 aliphatic heterocycles. The molecular weight excluding hydrogens is 288 g/mol. The van der Waals surface area contributed by atoms with Crippen LogP contribution in [0.2, 0.25) is 0 Å². The number of methoxy groups -OCH3 is 1. The molecule has 3 nitrogen and oxygen atoms in total. The molecule has 124 valence electrons. The van der Waals surface area contributed by atoms with E-state index >= 15 is 0 Å². The van der Waals surface area contributed by atoms with Crippen LogP contribution in [0.15, 0.2) is 48.5 Å². The molecule has 0 aliphatic rings. The zero-order valence-corrected chi connectivity index (χ0v) is 14.2. The molecule has 0 heterocycles. The summed E-state index contributed by atoms with van der Waals surface area (Å²) in [6.07, 6.45) is 1.98. The van der Waals surface area contributed by atoms with Gasteiger partial charge in [-0.2, -0.15) is 0 Å². The Labute approximate surface area is 139 Å². The summed E-state index contributed by atoms with van der Waals surface area (Å²) in [4.78, 5) is 0. The summed E-state index contributed by atoms with van der Waals surface area (Å²) in [5.74, 6) is 3.04. The van der Waals surface area contributed by atoms with Gasteiger partial charge in [0.15, 0.2) is 11.5 Å². The first-order chi connectivity index (χ1) is 11.2. The number of hydrogen-bond donors (Lipinski definition) is 0. The Kier molecular flexibility index (Phi) is 6.79. The maximum atomic E-state index is 5.76. The van der Waals surface area contributed by atoms with E-state index in [-0.39, 0.29) is 0 Å². The van der Waals surface area contributed by atoms with E-state index in [1.807, 2.05) is 36.4 Å². The van der Waals surface area contributed by atoms with Crippen molar-refractivity contribution >= 4 is 0 Å². The van der Waals surface area contributed by atoms with Crippen molar-refractivity contribution in [1.29, 1.82) is 0 Å². The summed E-state index contributed by atoms with van der Waals surface area (Å²) in [6.45, 7) is 5.69. The fraction of sp³-hybridized carbons (Fsp3) is 0.400. The van der Waals surface area contributed by atoms with Crippen molar-refractivity contribution in [2.24, 2.45) is 0 Å². The van der Waals surface area contributed by atoms with E-state index in [1.165, 1.54) is 5.56 Å². The first-order valence-corrected chi connectivity index (χ1v) is 8.23. The van der Waals surface area contributed by atoms with Gasteiger partial charge in [-0.1, -0.05) is 38.1 Å². The Morgan fingerprint density at radius 3 is 2.17 bits per heavy atom. The van der Waals surface area contributed by atoms with Crippen LogP contribution >= 0.6 is 0 Å². The van der Waals surface area contributed by atoms with E-state index in [9.17, 15) is 0 Å². The molecule has 2 aromatic rings. The van der Waals surface area contributed by atoms with Gasteiger partial charge in [-0.25, -0.2) is 0 Å². The zero-order valence-electron chi connectivity index (χ0n) is 14.2. The van der Waals surface area contributed by atoms with E-state index in [2.05, 4.69) is 26.0 Å². The molecule has 0 saturated heterocycles. The molecule has 0 aliphatic carbocycles. The van der Waals surface area contributed by atoms with Crippen molar-refractivity contribution < 1.29 is 14.2 Å². The van der Waals surface area contributed by atoms with Gasteiger partial charge in [0.2, 0.25) is 0 Å². The highest BCUT2D eigenvalue weighted by atomic mass is 16.5. The highest BCUT2D eigenvalue weighted by molar-refractivity contribution is 5.39. The van der Waals surface area contributed by atoms with E-state index in [4.69, 9.17) is 14.2 Å². The zero-order chi connectivity index (χ0) is 16.5. The lowest BCUT2D eigenvalue weighted by Crippen LogP contribution is -2.05. The quantitative estimate of drug-likeness (QED) is 0.606. The van der Waals surface area contributed by atoms with Gasteiger partial charge in [-0.05, 0) is 42.2 Å². The molecule has 0 amide bonds. The standard InChI is InChI=1S/C20H26O3/c1-4-16(2)17-10-12-18(13-11-17)22-14-7-15-23-20-9-6-5-8-19(20)21-3/h5-6,8-13,16H,4,7,14-15H2,1-3H3/t16-/m0/s1. The molecule has 0 aromatic heterocycles. The molecular formula is C20H26O3. The number of hydrogen-bond acceptors (Lipinski definition) is 3. The Bertz CT molecular complexity index is 578. The van der Waals surface area contributed by atoms with E-state index in [1.54, 1.807) is 7.11 Å². The minimum atomic E-state index is 0.596. The Balaban J connectivity index is 1.71. The van der Waals surface area contributed by atoms with Gasteiger partial charge < -0.3 is 14.2 Å². The molecule has 0 bridgehead atoms. The molecule has 2 aromatic carbocycles. The molecule has 0 spiro atoms. The monoisotopic (exact) mass is 314 g/mol. The third-order valence-corrected chi connectivity index (χ3v) is 3.95. The average Bonchev–Trinajstić information content (AvgIpc) is 2.61. The Morgan fingerprint density at radius 2 is 1.52 bits per heavy atom. The molecule has 0 unspecified atom stereocenters. The first-order valence-electron chi connectivity index (χ1n) is 8.23. The fourth-order valence-corrected chi connectivity index (χ4v) is 2.30. The van der Waals surface area contributed by atoms with E-state index < -0.39 is 0 Å². The number of rotatable bonds is 9. The van der Waals surface area contributed by atoms with Gasteiger partial charge in [0.1, 0.15) is 5.75 Å². The highest BCUT2D eigenvalue weighted by Gasteiger charge is 2.04. The second-order valence-corrected chi connectivity index (χ2v) is 5.58. The summed E-state index contributed by atoms with van der Waals surface area (Å²) < 4.78 is 16.7. The summed E-state index contributed by atoms with van der Waals surface area (Å²) in [6, 6.07) is 16.1. The third kappa shape index (κ3) is 5.20. The normalized spacial score (nSPS) is 11.8. The van der Waals surface area contributed by atoms with Gasteiger partial charge in [-0.15, -0.1) is 0 Å². The number of para-hydroxylation sites is 2. The van der Waals surface area contributed by atoms with Crippen LogP contribution in [-0.2, 0) is 0 Å². The van der Waals surface area contributed by atoms with Crippen LogP contribution in [0.3, 0.4) is 0 Å². The second kappa shape index (κ2) is 9.09. The van der Waals surface area contributed by atoms with Gasteiger partial charge in [0.25, 0.3) is 0 Å². The summed E-state index contributed by atoms with van der Waals surface area (Å²) in [5, 5.41) is 0. The maximum absolute atomic E-state index is 5.76. The smallest absolute Gasteiger partial charge is 0.161 e. The van der Waals surface area contributed by atoms with Crippen molar-refractivity contribution in [1.82, 2.24) is 0 Å². The minimum Gasteiger partial charge on any atom is -0.493 e. The van der Waals surface area contributed by atoms with Crippen molar-refractivity contribution in [3.8, 4) is 17.2 Å². The molecule has 2 rings (SSSR count). The Morgan fingerprint density at radius 1 is 0.870 bits per heavy atom. The van der Waals surface area contributed by atoms with Crippen molar-refractivity contribution in [3.63, 3.8) is 0 Å². The predicted molar refractivity (Wildman–Crippen MR) is 93.7 cm³/mol. The van der Waals surface area contributed by atoms with Crippen molar-refractivity contribution in [3.05, 3.63) is 54.1 Å². The van der Waals surface area contributed by atoms with E-state index in [0.29, 0.717) is 19.1 Å². The lowest BCUT2D eigenvalue weighted by molar-refractivity contribution is 0.240. The predicted octanol–water partition coefficient (Wildman–Crippen LogP) is 5.06. The van der Waals surface area contributed by atoms with Crippen LogP contribution in [0.1, 0.15) is 38.2 Å². The van der Waals surface area contributed by atoms with Crippen LogP contribution < -0.4 is 14.2 Å². The fourth-order valence-electron chi connectivity index (χ4n) is 2.30. The molecule has 0 saturated carbocycles. The lowest BCUT2D eigenvalue weighted by atomic mass is 9.99. The van der Waals surface area contributed by atoms with Gasteiger partial charge in [-0.3, -0.25) is 0 Å². The number of ether oxygens (including phenoxy) is 3. The maximum Gasteiger partial charge on any atom is 0.161 e. The third-order valence-electron chi connectivity index (χ3n) is 3.95. The summed E-state index contributed by atoms with van der Waals surface area (Å²) in [5.41, 5.74) is 1.36. The van der Waals surface area contributed by atoms with Gasteiger partial charge in [0, 0.05) is 6.42 Å². The molecule has 0 N–H and O–H groups in total. The summed E-state index contributed by atoms with van der Waals surface area (Å²) in [7, 11) is 1.65. The highest BCUT2D eigenvalue weighted by Crippen LogP contribution is 2.26. The van der Waals surface area contributed by atoms with Crippen LogP contribution in [-0.4, -0.2) is 20.3 Å². The van der Waals surface area contributed by atoms with Crippen molar-refractivity contribution in [2.75, 3.05) is 20.3 Å². The molecule has 3 heteroatoms. The topological polar surface area (TPSA) is 27.7 Å². The molecule has 23 heavy (non-hydrogen) atoms.